The Morgan fingerprint density at radius 3 is 2.58 bits per heavy atom. The molecule has 0 aromatic heterocycles. The van der Waals surface area contributed by atoms with Crippen LogP contribution in [-0.2, 0) is 21.0 Å². The van der Waals surface area contributed by atoms with Gasteiger partial charge in [-0.25, -0.2) is 8.42 Å². The fraction of sp³-hybridized carbons (Fsp3) is 0.500. The number of carbonyl (C=O) groups is 1. The predicted molar refractivity (Wildman–Crippen MR) is 99.5 cm³/mol. The molecule has 6 nitrogen and oxygen atoms in total. The van der Waals surface area contributed by atoms with Crippen molar-refractivity contribution in [1.29, 1.82) is 0 Å². The van der Waals surface area contributed by atoms with Crippen molar-refractivity contribution >= 4 is 51.5 Å². The minimum absolute atomic E-state index is 0. The summed E-state index contributed by atoms with van der Waals surface area (Å²) >= 11 is 1.69. The van der Waals surface area contributed by atoms with Gasteiger partial charge in [0.1, 0.15) is 0 Å². The van der Waals surface area contributed by atoms with E-state index in [2.05, 4.69) is 15.4 Å². The fourth-order valence-corrected chi connectivity index (χ4v) is 3.82. The molecule has 12 heteroatoms. The Morgan fingerprint density at radius 1 is 1.35 bits per heavy atom. The van der Waals surface area contributed by atoms with Gasteiger partial charge in [0, 0.05) is 30.5 Å². The van der Waals surface area contributed by atoms with Crippen molar-refractivity contribution in [1.82, 2.24) is 5.32 Å². The molecule has 1 aliphatic heterocycles. The Balaban J connectivity index is 0.00000338. The second kappa shape index (κ2) is 9.16. The van der Waals surface area contributed by atoms with Crippen LogP contribution in [0.5, 0.6) is 0 Å². The number of thioether (sulfide) groups is 1. The van der Waals surface area contributed by atoms with Gasteiger partial charge in [0.05, 0.1) is 23.2 Å². The van der Waals surface area contributed by atoms with Crippen LogP contribution in [0.2, 0.25) is 0 Å². The van der Waals surface area contributed by atoms with Gasteiger partial charge in [0.25, 0.3) is 0 Å². The zero-order valence-electron chi connectivity index (χ0n) is 13.7. The molecule has 1 atom stereocenters. The number of rotatable bonds is 5. The van der Waals surface area contributed by atoms with E-state index < -0.39 is 27.7 Å². The maximum atomic E-state index is 12.9. The third kappa shape index (κ3) is 7.22. The van der Waals surface area contributed by atoms with Crippen LogP contribution in [0.15, 0.2) is 18.2 Å². The van der Waals surface area contributed by atoms with Crippen molar-refractivity contribution in [2.45, 2.75) is 18.6 Å². The van der Waals surface area contributed by atoms with Crippen LogP contribution >= 0.6 is 24.2 Å². The number of carbonyl (C=O) groups excluding carboxylic acids is 1. The van der Waals surface area contributed by atoms with Crippen LogP contribution in [0, 0.1) is 0 Å². The highest BCUT2D eigenvalue weighted by Crippen LogP contribution is 2.34. The van der Waals surface area contributed by atoms with Gasteiger partial charge in [-0.15, -0.1) is 12.4 Å². The molecule has 1 saturated heterocycles. The van der Waals surface area contributed by atoms with E-state index in [1.54, 1.807) is 11.8 Å². The third-order valence-electron chi connectivity index (χ3n) is 3.35. The van der Waals surface area contributed by atoms with Crippen molar-refractivity contribution in [3.05, 3.63) is 23.8 Å². The monoisotopic (exact) mass is 433 g/mol. The number of benzene rings is 1. The molecule has 0 aliphatic carbocycles. The second-order valence-electron chi connectivity index (χ2n) is 5.61. The highest BCUT2D eigenvalue weighted by Gasteiger charge is 2.31. The van der Waals surface area contributed by atoms with E-state index in [0.717, 1.165) is 36.4 Å². The minimum atomic E-state index is -4.61. The van der Waals surface area contributed by atoms with Crippen molar-refractivity contribution in [3.63, 3.8) is 0 Å². The first kappa shape index (κ1) is 22.9. The van der Waals surface area contributed by atoms with Gasteiger partial charge in [0.15, 0.2) is 0 Å². The van der Waals surface area contributed by atoms with Gasteiger partial charge in [-0.3, -0.25) is 9.52 Å². The summed E-state index contributed by atoms with van der Waals surface area (Å²) in [5, 5.41) is 5.53. The summed E-state index contributed by atoms with van der Waals surface area (Å²) in [5.74, 6) is 1.18. The average molecular weight is 434 g/mol. The highest BCUT2D eigenvalue weighted by atomic mass is 35.5. The van der Waals surface area contributed by atoms with E-state index in [9.17, 15) is 26.4 Å². The van der Waals surface area contributed by atoms with Gasteiger partial charge in [-0.1, -0.05) is 0 Å². The number of nitrogens with one attached hydrogen (secondary N) is 3. The molecule has 3 N–H and O–H groups in total. The van der Waals surface area contributed by atoms with E-state index in [-0.39, 0.29) is 36.2 Å². The average Bonchev–Trinajstić information content (AvgIpc) is 2.47. The van der Waals surface area contributed by atoms with Gasteiger partial charge in [0.2, 0.25) is 15.9 Å². The SMILES string of the molecule is CS(=O)(=O)Nc1ccc(C(F)(F)F)cc1NC(=O)CC1CSCCN1.Cl. The fourth-order valence-electron chi connectivity index (χ4n) is 2.29. The summed E-state index contributed by atoms with van der Waals surface area (Å²) in [4.78, 5) is 12.1. The summed E-state index contributed by atoms with van der Waals surface area (Å²) < 4.78 is 63.5. The van der Waals surface area contributed by atoms with Crippen molar-refractivity contribution in [2.24, 2.45) is 0 Å². The number of anilines is 2. The zero-order chi connectivity index (χ0) is 18.7. The Labute approximate surface area is 160 Å². The number of hydrogen-bond donors (Lipinski definition) is 3. The Hall–Kier alpha value is -1.17. The molecule has 26 heavy (non-hydrogen) atoms. The van der Waals surface area contributed by atoms with Crippen molar-refractivity contribution in [2.75, 3.05) is 34.3 Å². The number of halogens is 4. The van der Waals surface area contributed by atoms with E-state index in [1.165, 1.54) is 0 Å². The molecular weight excluding hydrogens is 415 g/mol. The van der Waals surface area contributed by atoms with Gasteiger partial charge >= 0.3 is 6.18 Å². The molecule has 148 valence electrons. The first-order valence-electron chi connectivity index (χ1n) is 7.34. The van der Waals surface area contributed by atoms with Gasteiger partial charge < -0.3 is 10.6 Å². The van der Waals surface area contributed by atoms with Crippen LogP contribution < -0.4 is 15.4 Å². The number of amides is 1. The summed E-state index contributed by atoms with van der Waals surface area (Å²) in [7, 11) is -3.71. The highest BCUT2D eigenvalue weighted by molar-refractivity contribution is 7.99. The number of sulfonamides is 1. The normalized spacial score (nSPS) is 17.9. The van der Waals surface area contributed by atoms with Crippen LogP contribution in [0.4, 0.5) is 24.5 Å². The molecule has 0 saturated carbocycles. The summed E-state index contributed by atoms with van der Waals surface area (Å²) in [5.41, 5.74) is -1.32. The molecule has 0 bridgehead atoms. The lowest BCUT2D eigenvalue weighted by atomic mass is 10.1. The Bertz CT molecular complexity index is 739. The lowest BCUT2D eigenvalue weighted by molar-refractivity contribution is -0.137. The molecule has 1 heterocycles. The van der Waals surface area contributed by atoms with Crippen LogP contribution in [0.1, 0.15) is 12.0 Å². The first-order valence-corrected chi connectivity index (χ1v) is 10.4. The largest absolute Gasteiger partial charge is 0.416 e. The first-order chi connectivity index (χ1) is 11.5. The quantitative estimate of drug-likeness (QED) is 0.664. The lowest BCUT2D eigenvalue weighted by Crippen LogP contribution is -2.40. The van der Waals surface area contributed by atoms with Gasteiger partial charge in [-0.05, 0) is 18.2 Å². The molecule has 2 rings (SSSR count). The van der Waals surface area contributed by atoms with E-state index in [0.29, 0.717) is 6.07 Å². The second-order valence-corrected chi connectivity index (χ2v) is 8.51. The van der Waals surface area contributed by atoms with Gasteiger partial charge in [-0.2, -0.15) is 24.9 Å². The van der Waals surface area contributed by atoms with Crippen LogP contribution in [0.3, 0.4) is 0 Å². The molecule has 1 aliphatic rings. The molecule has 1 fully saturated rings. The standard InChI is InChI=1S/C14H18F3N3O3S2.ClH/c1-25(22,23)20-11-3-2-9(14(15,16)17)6-12(11)19-13(21)7-10-8-24-5-4-18-10;/h2-3,6,10,18,20H,4-5,7-8H2,1H3,(H,19,21);1H. The smallest absolute Gasteiger partial charge is 0.324 e. The summed E-state index contributed by atoms with van der Waals surface area (Å²) in [6, 6.07) is 2.38. The van der Waals surface area contributed by atoms with Crippen LogP contribution in [0.25, 0.3) is 0 Å². The minimum Gasteiger partial charge on any atom is -0.324 e. The summed E-state index contributed by atoms with van der Waals surface area (Å²) in [6.07, 6.45) is -3.65. The molecule has 0 radical (unpaired) electrons. The molecule has 1 amide bonds. The maximum Gasteiger partial charge on any atom is 0.416 e. The molecule has 1 unspecified atom stereocenters. The van der Waals surface area contributed by atoms with E-state index >= 15 is 0 Å². The van der Waals surface area contributed by atoms with Crippen molar-refractivity contribution < 1.29 is 26.4 Å². The Morgan fingerprint density at radius 2 is 2.04 bits per heavy atom. The van der Waals surface area contributed by atoms with E-state index in [4.69, 9.17) is 0 Å². The molecule has 1 aromatic carbocycles. The molecule has 0 spiro atoms. The number of alkyl halides is 3. The maximum absolute atomic E-state index is 12.9. The van der Waals surface area contributed by atoms with Crippen molar-refractivity contribution in [3.8, 4) is 0 Å². The zero-order valence-corrected chi connectivity index (χ0v) is 16.2. The predicted octanol–water partition coefficient (Wildman–Crippen LogP) is 2.53. The topological polar surface area (TPSA) is 87.3 Å². The van der Waals surface area contributed by atoms with Crippen LogP contribution in [-0.4, -0.2) is 44.7 Å². The lowest BCUT2D eigenvalue weighted by Gasteiger charge is -2.23. The summed E-state index contributed by atoms with van der Waals surface area (Å²) in [6.45, 7) is 0.757. The Kier molecular flexibility index (Phi) is 8.05. The molecule has 1 aromatic rings. The number of hydrogen-bond acceptors (Lipinski definition) is 5. The third-order valence-corrected chi connectivity index (χ3v) is 5.07. The van der Waals surface area contributed by atoms with E-state index in [1.807, 2.05) is 0 Å². The molecular formula is C14H19ClF3N3O3S2.